The molecule has 0 unspecified atom stereocenters. The van der Waals surface area contributed by atoms with Gasteiger partial charge in [0, 0.05) is 26.7 Å². The Morgan fingerprint density at radius 1 is 1.14 bits per heavy atom. The third-order valence-electron chi connectivity index (χ3n) is 4.57. The highest BCUT2D eigenvalue weighted by Gasteiger charge is 2.32. The largest absolute Gasteiger partial charge is 0.489 e. The van der Waals surface area contributed by atoms with Crippen LogP contribution in [0, 0.1) is 16.7 Å². The highest BCUT2D eigenvalue weighted by molar-refractivity contribution is 7.80. The molecule has 2 aromatic rings. The van der Waals surface area contributed by atoms with Crippen molar-refractivity contribution in [1.29, 1.82) is 5.26 Å². The van der Waals surface area contributed by atoms with Crippen molar-refractivity contribution in [3.8, 4) is 11.8 Å². The molecule has 3 rings (SSSR count). The number of ether oxygens (including phenoxy) is 1. The third kappa shape index (κ3) is 5.02. The van der Waals surface area contributed by atoms with Gasteiger partial charge in [-0.25, -0.2) is 0 Å². The number of benzene rings is 2. The molecule has 1 atom stereocenters. The van der Waals surface area contributed by atoms with E-state index in [0.717, 1.165) is 16.8 Å². The van der Waals surface area contributed by atoms with Gasteiger partial charge in [-0.05, 0) is 42.0 Å². The van der Waals surface area contributed by atoms with Crippen molar-refractivity contribution < 1.29 is 4.74 Å². The van der Waals surface area contributed by atoms with Gasteiger partial charge in [0.05, 0.1) is 17.7 Å². The number of nitriles is 1. The number of halogens is 2. The van der Waals surface area contributed by atoms with Crippen LogP contribution in [0.15, 0.2) is 53.7 Å². The first kappa shape index (κ1) is 21.4. The maximum Gasteiger partial charge on any atom is 0.171 e. The average Bonchev–Trinajstić information content (AvgIpc) is 2.66. The summed E-state index contributed by atoms with van der Waals surface area (Å²) in [6, 6.07) is 15.0. The van der Waals surface area contributed by atoms with Crippen LogP contribution in [0.5, 0.6) is 5.75 Å². The zero-order chi connectivity index (χ0) is 21.2. The molecule has 0 amide bonds. The van der Waals surface area contributed by atoms with Gasteiger partial charge >= 0.3 is 0 Å². The lowest BCUT2D eigenvalue weighted by Crippen LogP contribution is -2.46. The fourth-order valence-electron chi connectivity index (χ4n) is 3.08. The van der Waals surface area contributed by atoms with Crippen molar-refractivity contribution in [2.24, 2.45) is 5.41 Å². The first-order chi connectivity index (χ1) is 13.7. The van der Waals surface area contributed by atoms with E-state index in [1.807, 2.05) is 30.3 Å². The van der Waals surface area contributed by atoms with E-state index in [-0.39, 0.29) is 11.5 Å². The predicted octanol–water partition coefficient (Wildman–Crippen LogP) is 5.91. The van der Waals surface area contributed by atoms with Gasteiger partial charge in [0.1, 0.15) is 12.4 Å². The van der Waals surface area contributed by atoms with Gasteiger partial charge in [0.15, 0.2) is 5.11 Å². The fourth-order valence-corrected chi connectivity index (χ4v) is 3.77. The molecule has 2 aromatic carbocycles. The Kier molecular flexibility index (Phi) is 6.38. The number of hydrogen-bond acceptors (Lipinski definition) is 3. The molecule has 0 saturated heterocycles. The van der Waals surface area contributed by atoms with E-state index in [0.29, 0.717) is 33.1 Å². The molecule has 4 nitrogen and oxygen atoms in total. The van der Waals surface area contributed by atoms with Crippen molar-refractivity contribution in [1.82, 2.24) is 10.6 Å². The number of thiocarbonyl (C=S) groups is 1. The van der Waals surface area contributed by atoms with Gasteiger partial charge in [0.2, 0.25) is 0 Å². The van der Waals surface area contributed by atoms with Crippen LogP contribution in [0.1, 0.15) is 37.9 Å². The van der Waals surface area contributed by atoms with Crippen molar-refractivity contribution in [2.75, 3.05) is 0 Å². The summed E-state index contributed by atoms with van der Waals surface area (Å²) in [7, 11) is 0. The molecule has 1 heterocycles. The molecule has 0 spiro atoms. The lowest BCUT2D eigenvalue weighted by molar-refractivity contribution is 0.306. The monoisotopic (exact) mass is 445 g/mol. The number of hydrogen-bond donors (Lipinski definition) is 2. The van der Waals surface area contributed by atoms with Crippen LogP contribution in [0.3, 0.4) is 0 Å². The molecule has 0 aromatic heterocycles. The lowest BCUT2D eigenvalue weighted by Gasteiger charge is -2.34. The molecule has 7 heteroatoms. The minimum Gasteiger partial charge on any atom is -0.489 e. The number of allylic oxidation sites excluding steroid dienone is 1. The van der Waals surface area contributed by atoms with E-state index in [9.17, 15) is 5.26 Å². The minimum absolute atomic E-state index is 0.226. The van der Waals surface area contributed by atoms with E-state index in [1.165, 1.54) is 0 Å². The summed E-state index contributed by atoms with van der Waals surface area (Å²) in [4.78, 5) is 0. The van der Waals surface area contributed by atoms with Crippen LogP contribution in [0.2, 0.25) is 10.0 Å². The molecule has 0 saturated carbocycles. The lowest BCUT2D eigenvalue weighted by atomic mass is 9.84. The van der Waals surface area contributed by atoms with Crippen molar-refractivity contribution in [2.45, 2.75) is 33.4 Å². The molecule has 0 aliphatic carbocycles. The second-order valence-electron chi connectivity index (χ2n) is 7.78. The zero-order valence-corrected chi connectivity index (χ0v) is 18.7. The highest BCUT2D eigenvalue weighted by atomic mass is 35.5. The Morgan fingerprint density at radius 2 is 1.83 bits per heavy atom. The second-order valence-corrected chi connectivity index (χ2v) is 9.03. The van der Waals surface area contributed by atoms with Crippen molar-refractivity contribution in [3.05, 3.63) is 74.9 Å². The molecule has 0 fully saturated rings. The Hall–Kier alpha value is -2.26. The fraction of sp³-hybridized carbons (Fsp3) is 0.273. The normalized spacial score (nSPS) is 16.7. The first-order valence-corrected chi connectivity index (χ1v) is 10.2. The van der Waals surface area contributed by atoms with Gasteiger partial charge in [0.25, 0.3) is 0 Å². The molecule has 0 radical (unpaired) electrons. The number of rotatable bonds is 4. The molecular weight excluding hydrogens is 425 g/mol. The summed E-state index contributed by atoms with van der Waals surface area (Å²) in [5.74, 6) is 0.704. The molecule has 29 heavy (non-hydrogen) atoms. The Balaban J connectivity index is 1.80. The Morgan fingerprint density at radius 3 is 2.41 bits per heavy atom. The van der Waals surface area contributed by atoms with Crippen molar-refractivity contribution in [3.63, 3.8) is 0 Å². The Bertz CT molecular complexity index is 1000. The molecule has 0 bridgehead atoms. The standard InChI is InChI=1S/C22H21Cl2N3OS/c1-22(2,3)20-17(11-25)19(26-21(29)27-20)13-5-8-16(9-6-13)28-12-14-4-7-15(23)10-18(14)24/h4-10,19H,12H2,1-3H3,(H2,26,27,29)/t19-/m0/s1. The topological polar surface area (TPSA) is 57.1 Å². The predicted molar refractivity (Wildman–Crippen MR) is 121 cm³/mol. The van der Waals surface area contributed by atoms with Gasteiger partial charge in [-0.2, -0.15) is 5.26 Å². The molecule has 1 aliphatic rings. The van der Waals surface area contributed by atoms with Crippen LogP contribution >= 0.6 is 35.4 Å². The molecular formula is C22H21Cl2N3OS. The summed E-state index contributed by atoms with van der Waals surface area (Å²) >= 11 is 17.5. The zero-order valence-electron chi connectivity index (χ0n) is 16.3. The van der Waals surface area contributed by atoms with Crippen LogP contribution in [-0.4, -0.2) is 5.11 Å². The summed E-state index contributed by atoms with van der Waals surface area (Å²) in [5, 5.41) is 17.8. The minimum atomic E-state index is -0.303. The molecule has 2 N–H and O–H groups in total. The summed E-state index contributed by atoms with van der Waals surface area (Å²) in [6.45, 7) is 6.49. The van der Waals surface area contributed by atoms with Crippen LogP contribution in [-0.2, 0) is 6.61 Å². The van der Waals surface area contributed by atoms with Crippen molar-refractivity contribution >= 4 is 40.5 Å². The first-order valence-electron chi connectivity index (χ1n) is 9.08. The smallest absolute Gasteiger partial charge is 0.171 e. The van der Waals surface area contributed by atoms with Gasteiger partial charge in [-0.1, -0.05) is 62.2 Å². The Labute approximate surface area is 186 Å². The van der Waals surface area contributed by atoms with E-state index >= 15 is 0 Å². The van der Waals surface area contributed by atoms with Gasteiger partial charge in [-0.15, -0.1) is 0 Å². The molecule has 150 valence electrons. The maximum atomic E-state index is 9.78. The highest BCUT2D eigenvalue weighted by Crippen LogP contribution is 2.35. The third-order valence-corrected chi connectivity index (χ3v) is 5.37. The number of nitrogens with zero attached hydrogens (tertiary/aromatic N) is 1. The van der Waals surface area contributed by atoms with Crippen LogP contribution in [0.25, 0.3) is 0 Å². The maximum absolute atomic E-state index is 9.78. The van der Waals surface area contributed by atoms with E-state index in [4.69, 9.17) is 40.2 Å². The van der Waals surface area contributed by atoms with Gasteiger partial charge < -0.3 is 15.4 Å². The van der Waals surface area contributed by atoms with E-state index in [2.05, 4.69) is 37.5 Å². The summed E-state index contributed by atoms with van der Waals surface area (Å²) in [6.07, 6.45) is 0. The molecule has 1 aliphatic heterocycles. The van der Waals surface area contributed by atoms with E-state index < -0.39 is 0 Å². The SMILES string of the molecule is CC(C)(C)C1=C(C#N)[C@H](c2ccc(OCc3ccc(Cl)cc3Cl)cc2)NC(=S)N1. The number of nitrogens with one attached hydrogen (secondary N) is 2. The van der Waals surface area contributed by atoms with Crippen LogP contribution < -0.4 is 15.4 Å². The quantitative estimate of drug-likeness (QED) is 0.572. The van der Waals surface area contributed by atoms with Gasteiger partial charge in [-0.3, -0.25) is 0 Å². The summed E-state index contributed by atoms with van der Waals surface area (Å²) < 4.78 is 5.84. The summed E-state index contributed by atoms with van der Waals surface area (Å²) in [5.41, 5.74) is 3.04. The average molecular weight is 446 g/mol. The van der Waals surface area contributed by atoms with E-state index in [1.54, 1.807) is 12.1 Å². The van der Waals surface area contributed by atoms with Crippen LogP contribution in [0.4, 0.5) is 0 Å². The second kappa shape index (κ2) is 8.62.